The smallest absolute Gasteiger partial charge is 0.0657 e. The summed E-state index contributed by atoms with van der Waals surface area (Å²) in [4.78, 5) is 0. The molecule has 0 aliphatic heterocycles. The topological polar surface area (TPSA) is 21.3 Å². The zero-order chi connectivity index (χ0) is 11.4. The molecule has 88 valence electrons. The monoisotopic (exact) mass is 219 g/mol. The van der Waals surface area contributed by atoms with Crippen LogP contribution in [0.1, 0.15) is 36.1 Å². The van der Waals surface area contributed by atoms with Gasteiger partial charge in [0, 0.05) is 7.11 Å². The molecule has 0 fully saturated rings. The standard InChI is InChI=1S/C14H21NO/c1-3-15-14(10-16-2)13-8-7-11-5-4-6-12(11)9-13/h7-9,14-15H,3-6,10H2,1-2H3. The Morgan fingerprint density at radius 3 is 2.88 bits per heavy atom. The van der Waals surface area contributed by atoms with Crippen molar-refractivity contribution in [2.45, 2.75) is 32.2 Å². The number of benzene rings is 1. The van der Waals surface area contributed by atoms with Gasteiger partial charge in [0.15, 0.2) is 0 Å². The lowest BCUT2D eigenvalue weighted by Crippen LogP contribution is -2.25. The Kier molecular flexibility index (Phi) is 3.97. The van der Waals surface area contributed by atoms with Gasteiger partial charge in [0.2, 0.25) is 0 Å². The van der Waals surface area contributed by atoms with E-state index >= 15 is 0 Å². The van der Waals surface area contributed by atoms with Crippen LogP contribution in [0.25, 0.3) is 0 Å². The second kappa shape index (κ2) is 5.46. The van der Waals surface area contributed by atoms with Crippen molar-refractivity contribution in [2.75, 3.05) is 20.3 Å². The van der Waals surface area contributed by atoms with Crippen molar-refractivity contribution >= 4 is 0 Å². The van der Waals surface area contributed by atoms with Crippen LogP contribution in [0.15, 0.2) is 18.2 Å². The first-order valence-electron chi connectivity index (χ1n) is 6.19. The van der Waals surface area contributed by atoms with Crippen LogP contribution in [0.3, 0.4) is 0 Å². The highest BCUT2D eigenvalue weighted by atomic mass is 16.5. The average Bonchev–Trinajstić information content (AvgIpc) is 2.75. The minimum Gasteiger partial charge on any atom is -0.383 e. The molecule has 1 unspecified atom stereocenters. The van der Waals surface area contributed by atoms with E-state index in [4.69, 9.17) is 4.74 Å². The average molecular weight is 219 g/mol. The predicted octanol–water partition coefficient (Wildman–Crippen LogP) is 2.47. The molecule has 0 spiro atoms. The van der Waals surface area contributed by atoms with Crippen LogP contribution in [0, 0.1) is 0 Å². The molecule has 16 heavy (non-hydrogen) atoms. The zero-order valence-electron chi connectivity index (χ0n) is 10.3. The summed E-state index contributed by atoms with van der Waals surface area (Å²) < 4.78 is 5.27. The van der Waals surface area contributed by atoms with Crippen LogP contribution >= 0.6 is 0 Å². The van der Waals surface area contributed by atoms with Crippen molar-refractivity contribution in [3.8, 4) is 0 Å². The number of methoxy groups -OCH3 is 1. The number of rotatable bonds is 5. The molecule has 0 bridgehead atoms. The van der Waals surface area contributed by atoms with Gasteiger partial charge < -0.3 is 10.1 Å². The van der Waals surface area contributed by atoms with Crippen molar-refractivity contribution in [3.05, 3.63) is 34.9 Å². The van der Waals surface area contributed by atoms with E-state index in [1.54, 1.807) is 7.11 Å². The lowest BCUT2D eigenvalue weighted by atomic mass is 10.0. The minimum absolute atomic E-state index is 0.334. The number of nitrogens with one attached hydrogen (secondary N) is 1. The molecule has 1 aromatic rings. The fraction of sp³-hybridized carbons (Fsp3) is 0.571. The van der Waals surface area contributed by atoms with Gasteiger partial charge in [-0.15, -0.1) is 0 Å². The van der Waals surface area contributed by atoms with Gasteiger partial charge >= 0.3 is 0 Å². The molecule has 2 rings (SSSR count). The molecule has 0 aromatic heterocycles. The molecule has 1 aliphatic rings. The summed E-state index contributed by atoms with van der Waals surface area (Å²) in [6, 6.07) is 7.23. The molecule has 1 atom stereocenters. The second-order valence-electron chi connectivity index (χ2n) is 4.45. The lowest BCUT2D eigenvalue weighted by Gasteiger charge is -2.18. The lowest BCUT2D eigenvalue weighted by molar-refractivity contribution is 0.168. The van der Waals surface area contributed by atoms with Crippen LogP contribution in [0.2, 0.25) is 0 Å². The van der Waals surface area contributed by atoms with Gasteiger partial charge in [0.1, 0.15) is 0 Å². The number of hydrogen-bond acceptors (Lipinski definition) is 2. The van der Waals surface area contributed by atoms with Crippen LogP contribution in [0.5, 0.6) is 0 Å². The molecule has 2 heteroatoms. The Balaban J connectivity index is 2.17. The Hall–Kier alpha value is -0.860. The number of aryl methyl sites for hydroxylation is 2. The van der Waals surface area contributed by atoms with Crippen molar-refractivity contribution in [1.82, 2.24) is 5.32 Å². The largest absolute Gasteiger partial charge is 0.383 e. The maximum atomic E-state index is 5.27. The van der Waals surface area contributed by atoms with Crippen molar-refractivity contribution in [3.63, 3.8) is 0 Å². The fourth-order valence-electron chi connectivity index (χ4n) is 2.49. The molecule has 1 aromatic carbocycles. The molecule has 0 heterocycles. The normalized spacial score (nSPS) is 16.1. The summed E-state index contributed by atoms with van der Waals surface area (Å²) >= 11 is 0. The highest BCUT2D eigenvalue weighted by molar-refractivity contribution is 5.36. The van der Waals surface area contributed by atoms with Gasteiger partial charge in [-0.05, 0) is 42.5 Å². The first kappa shape index (κ1) is 11.6. The van der Waals surface area contributed by atoms with Gasteiger partial charge in [-0.1, -0.05) is 25.1 Å². The molecule has 1 aliphatic carbocycles. The van der Waals surface area contributed by atoms with Crippen molar-refractivity contribution < 1.29 is 4.74 Å². The number of fused-ring (bicyclic) bond motifs is 1. The number of likely N-dealkylation sites (N-methyl/N-ethyl adjacent to an activating group) is 1. The Labute approximate surface area is 98.0 Å². The van der Waals surface area contributed by atoms with Gasteiger partial charge in [0.05, 0.1) is 12.6 Å². The van der Waals surface area contributed by atoms with Gasteiger partial charge in [-0.2, -0.15) is 0 Å². The van der Waals surface area contributed by atoms with E-state index in [2.05, 4.69) is 30.4 Å². The molecule has 1 N–H and O–H groups in total. The molecule has 0 amide bonds. The van der Waals surface area contributed by atoms with E-state index in [1.807, 2.05) is 0 Å². The SMILES string of the molecule is CCNC(COC)c1ccc2c(c1)CCC2. The van der Waals surface area contributed by atoms with E-state index in [9.17, 15) is 0 Å². The summed E-state index contributed by atoms with van der Waals surface area (Å²) in [6.45, 7) is 3.85. The highest BCUT2D eigenvalue weighted by Gasteiger charge is 2.15. The van der Waals surface area contributed by atoms with Crippen molar-refractivity contribution in [1.29, 1.82) is 0 Å². The first-order chi connectivity index (χ1) is 7.85. The fourth-order valence-corrected chi connectivity index (χ4v) is 2.49. The highest BCUT2D eigenvalue weighted by Crippen LogP contribution is 2.25. The van der Waals surface area contributed by atoms with E-state index < -0.39 is 0 Å². The Morgan fingerprint density at radius 1 is 1.31 bits per heavy atom. The summed E-state index contributed by atoms with van der Waals surface area (Å²) in [5.74, 6) is 0. The van der Waals surface area contributed by atoms with E-state index in [-0.39, 0.29) is 0 Å². The molecule has 2 nitrogen and oxygen atoms in total. The summed E-state index contributed by atoms with van der Waals surface area (Å²) in [5, 5.41) is 3.47. The third kappa shape index (κ3) is 2.45. The molecular formula is C14H21NO. The Morgan fingerprint density at radius 2 is 2.12 bits per heavy atom. The second-order valence-corrected chi connectivity index (χ2v) is 4.45. The van der Waals surface area contributed by atoms with Crippen LogP contribution in [0.4, 0.5) is 0 Å². The van der Waals surface area contributed by atoms with Gasteiger partial charge in [0.25, 0.3) is 0 Å². The zero-order valence-corrected chi connectivity index (χ0v) is 10.3. The summed E-state index contributed by atoms with van der Waals surface area (Å²) in [6.07, 6.45) is 3.82. The first-order valence-corrected chi connectivity index (χ1v) is 6.19. The summed E-state index contributed by atoms with van der Waals surface area (Å²) in [5.41, 5.74) is 4.44. The van der Waals surface area contributed by atoms with Crippen LogP contribution in [-0.2, 0) is 17.6 Å². The Bertz CT molecular complexity index is 343. The molecule has 0 saturated heterocycles. The molecule has 0 radical (unpaired) electrons. The maximum absolute atomic E-state index is 5.27. The minimum atomic E-state index is 0.334. The number of hydrogen-bond donors (Lipinski definition) is 1. The summed E-state index contributed by atoms with van der Waals surface area (Å²) in [7, 11) is 1.76. The molecular weight excluding hydrogens is 198 g/mol. The third-order valence-corrected chi connectivity index (χ3v) is 3.31. The number of ether oxygens (including phenoxy) is 1. The van der Waals surface area contributed by atoms with E-state index in [0.29, 0.717) is 6.04 Å². The maximum Gasteiger partial charge on any atom is 0.0657 e. The van der Waals surface area contributed by atoms with E-state index in [1.165, 1.54) is 36.0 Å². The quantitative estimate of drug-likeness (QED) is 0.821. The van der Waals surface area contributed by atoms with Gasteiger partial charge in [-0.25, -0.2) is 0 Å². The van der Waals surface area contributed by atoms with Crippen molar-refractivity contribution in [2.24, 2.45) is 0 Å². The third-order valence-electron chi connectivity index (χ3n) is 3.31. The van der Waals surface area contributed by atoms with Crippen LogP contribution < -0.4 is 5.32 Å². The van der Waals surface area contributed by atoms with E-state index in [0.717, 1.165) is 13.2 Å². The molecule has 0 saturated carbocycles. The predicted molar refractivity (Wildman–Crippen MR) is 66.8 cm³/mol. The van der Waals surface area contributed by atoms with Gasteiger partial charge in [-0.3, -0.25) is 0 Å². The van der Waals surface area contributed by atoms with Crippen LogP contribution in [-0.4, -0.2) is 20.3 Å².